The normalized spacial score (nSPS) is 15.2. The van der Waals surface area contributed by atoms with Crippen LogP contribution >= 0.6 is 0 Å². The van der Waals surface area contributed by atoms with Gasteiger partial charge in [0.15, 0.2) is 5.69 Å². The molecule has 1 aliphatic heterocycles. The molecule has 1 saturated heterocycles. The average molecular weight is 496 g/mol. The molecule has 2 heterocycles. The van der Waals surface area contributed by atoms with E-state index in [0.717, 1.165) is 10.9 Å². The van der Waals surface area contributed by atoms with Crippen molar-refractivity contribution in [2.75, 3.05) is 39.3 Å². The van der Waals surface area contributed by atoms with E-state index in [1.807, 2.05) is 20.8 Å². The van der Waals surface area contributed by atoms with Gasteiger partial charge in [-0.2, -0.15) is 18.3 Å². The summed E-state index contributed by atoms with van der Waals surface area (Å²) in [6.07, 6.45) is -3.57. The Balaban J connectivity index is 1.52. The van der Waals surface area contributed by atoms with Crippen LogP contribution in [0.5, 0.6) is 0 Å². The number of aryl methyl sites for hydroxylation is 1. The number of carbonyl (C=O) groups excluding carboxylic acids is 2. The second-order valence-corrected chi connectivity index (χ2v) is 9.52. The van der Waals surface area contributed by atoms with Crippen LogP contribution in [-0.4, -0.2) is 76.5 Å². The van der Waals surface area contributed by atoms with Gasteiger partial charge in [-0.15, -0.1) is 0 Å². The molecule has 0 bridgehead atoms. The van der Waals surface area contributed by atoms with Gasteiger partial charge in [0.05, 0.1) is 17.4 Å². The lowest BCUT2D eigenvalue weighted by Gasteiger charge is -2.35. The summed E-state index contributed by atoms with van der Waals surface area (Å²) in [4.78, 5) is 28.5. The van der Waals surface area contributed by atoms with Crippen LogP contribution in [0.4, 0.5) is 18.0 Å². The molecule has 1 aliphatic rings. The number of amides is 2. The number of hydrogen-bond acceptors (Lipinski definition) is 5. The highest BCUT2D eigenvalue weighted by atomic mass is 19.4. The molecule has 0 radical (unpaired) electrons. The van der Waals surface area contributed by atoms with Gasteiger partial charge in [0.2, 0.25) is 0 Å². The van der Waals surface area contributed by atoms with Crippen LogP contribution in [0.25, 0.3) is 5.69 Å². The van der Waals surface area contributed by atoms with Gasteiger partial charge in [-0.1, -0.05) is 18.2 Å². The van der Waals surface area contributed by atoms with E-state index in [4.69, 9.17) is 4.74 Å². The second kappa shape index (κ2) is 10.7. The number of hydrogen-bond donors (Lipinski definition) is 1. The predicted octanol–water partition coefficient (Wildman–Crippen LogP) is 3.87. The molecule has 1 fully saturated rings. The smallest absolute Gasteiger partial charge is 0.434 e. The van der Waals surface area contributed by atoms with Gasteiger partial charge in [0.25, 0.3) is 5.91 Å². The van der Waals surface area contributed by atoms with Crippen LogP contribution in [0.2, 0.25) is 0 Å². The van der Waals surface area contributed by atoms with Gasteiger partial charge in [0, 0.05) is 32.7 Å². The van der Waals surface area contributed by atoms with Crippen LogP contribution in [0.1, 0.15) is 48.8 Å². The summed E-state index contributed by atoms with van der Waals surface area (Å²) in [5.74, 6) is -0.813. The van der Waals surface area contributed by atoms with Crippen LogP contribution in [0, 0.1) is 6.92 Å². The molecule has 1 aromatic heterocycles. The average Bonchev–Trinajstić information content (AvgIpc) is 3.22. The zero-order valence-electron chi connectivity index (χ0n) is 20.5. The molecule has 2 amide bonds. The van der Waals surface area contributed by atoms with E-state index in [-0.39, 0.29) is 18.3 Å². The van der Waals surface area contributed by atoms with Gasteiger partial charge in [-0.3, -0.25) is 9.69 Å². The molecule has 0 spiro atoms. The lowest BCUT2D eigenvalue weighted by atomic mass is 10.1. The van der Waals surface area contributed by atoms with Crippen LogP contribution in [0.15, 0.2) is 30.5 Å². The molecule has 1 aromatic carbocycles. The van der Waals surface area contributed by atoms with Crippen molar-refractivity contribution >= 4 is 12.0 Å². The van der Waals surface area contributed by atoms with Crippen molar-refractivity contribution in [2.24, 2.45) is 0 Å². The molecule has 0 saturated carbocycles. The monoisotopic (exact) mass is 495 g/mol. The van der Waals surface area contributed by atoms with Crippen LogP contribution < -0.4 is 5.32 Å². The minimum absolute atomic E-state index is 0.220. The lowest BCUT2D eigenvalue weighted by molar-refractivity contribution is -0.143. The number of halogens is 3. The van der Waals surface area contributed by atoms with Crippen molar-refractivity contribution in [3.8, 4) is 5.69 Å². The van der Waals surface area contributed by atoms with E-state index in [9.17, 15) is 22.8 Å². The summed E-state index contributed by atoms with van der Waals surface area (Å²) in [7, 11) is 0. The second-order valence-electron chi connectivity index (χ2n) is 9.52. The Morgan fingerprint density at radius 1 is 1.09 bits per heavy atom. The zero-order valence-corrected chi connectivity index (χ0v) is 20.5. The van der Waals surface area contributed by atoms with E-state index >= 15 is 0 Å². The minimum Gasteiger partial charge on any atom is -0.444 e. The first kappa shape index (κ1) is 26.5. The number of ether oxygens (including phenoxy) is 1. The molecule has 35 heavy (non-hydrogen) atoms. The lowest BCUT2D eigenvalue weighted by Crippen LogP contribution is -2.50. The van der Waals surface area contributed by atoms with Gasteiger partial charge in [-0.05, 0) is 52.3 Å². The molecule has 11 heteroatoms. The third-order valence-corrected chi connectivity index (χ3v) is 5.59. The van der Waals surface area contributed by atoms with E-state index in [2.05, 4.69) is 15.3 Å². The number of benzene rings is 1. The van der Waals surface area contributed by atoms with Crippen LogP contribution in [-0.2, 0) is 10.9 Å². The zero-order chi connectivity index (χ0) is 25.8. The number of carbonyl (C=O) groups is 2. The third-order valence-electron chi connectivity index (χ3n) is 5.59. The fraction of sp³-hybridized carbons (Fsp3) is 0.542. The van der Waals surface area contributed by atoms with Gasteiger partial charge < -0.3 is 15.0 Å². The predicted molar refractivity (Wildman–Crippen MR) is 125 cm³/mol. The Kier molecular flexibility index (Phi) is 8.09. The molecule has 2 aromatic rings. The number of nitrogens with zero attached hydrogens (tertiary/aromatic N) is 4. The highest BCUT2D eigenvalue weighted by molar-refractivity contribution is 5.95. The molecule has 0 unspecified atom stereocenters. The summed E-state index contributed by atoms with van der Waals surface area (Å²) in [5, 5.41) is 6.44. The molecule has 0 aliphatic carbocycles. The standard InChI is InChI=1S/C24H32F3N5O3/c1-17-8-5-6-9-19(17)32-20(24(25,26)27)18(16-29-32)21(33)28-10-7-11-30-12-14-31(15-13-30)22(34)35-23(2,3)4/h5-6,8-9,16H,7,10-15H2,1-4H3,(H,28,33). The van der Waals surface area contributed by atoms with Crippen molar-refractivity contribution in [3.63, 3.8) is 0 Å². The fourth-order valence-corrected chi connectivity index (χ4v) is 3.85. The van der Waals surface area contributed by atoms with Crippen LogP contribution in [0.3, 0.4) is 0 Å². The molecule has 0 atom stereocenters. The highest BCUT2D eigenvalue weighted by Gasteiger charge is 2.40. The summed E-state index contributed by atoms with van der Waals surface area (Å²) in [6.45, 7) is 10.4. The topological polar surface area (TPSA) is 79.7 Å². The van der Waals surface area contributed by atoms with E-state index < -0.39 is 28.9 Å². The van der Waals surface area contributed by atoms with E-state index in [1.54, 1.807) is 30.0 Å². The maximum atomic E-state index is 13.8. The van der Waals surface area contributed by atoms with Crippen molar-refractivity contribution in [2.45, 2.75) is 45.9 Å². The SMILES string of the molecule is Cc1ccccc1-n1ncc(C(=O)NCCCN2CCN(C(=O)OC(C)(C)C)CC2)c1C(F)(F)F. The Labute approximate surface area is 203 Å². The van der Waals surface area contributed by atoms with Gasteiger partial charge in [0.1, 0.15) is 5.60 Å². The molecule has 1 N–H and O–H groups in total. The van der Waals surface area contributed by atoms with Crippen molar-refractivity contribution in [1.29, 1.82) is 0 Å². The number of piperazine rings is 1. The van der Waals surface area contributed by atoms with E-state index in [1.165, 1.54) is 6.07 Å². The van der Waals surface area contributed by atoms with Gasteiger partial charge in [-0.25, -0.2) is 9.48 Å². The van der Waals surface area contributed by atoms with Gasteiger partial charge >= 0.3 is 12.3 Å². The number of para-hydroxylation sites is 1. The van der Waals surface area contributed by atoms with Crippen molar-refractivity contribution < 1.29 is 27.5 Å². The first-order chi connectivity index (χ1) is 16.4. The highest BCUT2D eigenvalue weighted by Crippen LogP contribution is 2.34. The Morgan fingerprint density at radius 2 is 1.74 bits per heavy atom. The summed E-state index contributed by atoms with van der Waals surface area (Å²) < 4.78 is 47.7. The first-order valence-electron chi connectivity index (χ1n) is 11.6. The largest absolute Gasteiger partial charge is 0.444 e. The molecule has 3 rings (SSSR count). The minimum atomic E-state index is -4.75. The summed E-state index contributed by atoms with van der Waals surface area (Å²) >= 11 is 0. The molecular weight excluding hydrogens is 463 g/mol. The Bertz CT molecular complexity index is 1040. The number of aromatic nitrogens is 2. The maximum Gasteiger partial charge on any atom is 0.434 e. The quantitative estimate of drug-likeness (QED) is 0.616. The van der Waals surface area contributed by atoms with E-state index in [0.29, 0.717) is 44.7 Å². The van der Waals surface area contributed by atoms with Crippen molar-refractivity contribution in [1.82, 2.24) is 24.9 Å². The Morgan fingerprint density at radius 3 is 2.34 bits per heavy atom. The maximum absolute atomic E-state index is 13.8. The fourth-order valence-electron chi connectivity index (χ4n) is 3.85. The number of alkyl halides is 3. The third kappa shape index (κ3) is 6.97. The number of rotatable bonds is 6. The molecular formula is C24H32F3N5O3. The summed E-state index contributed by atoms with van der Waals surface area (Å²) in [6, 6.07) is 6.56. The first-order valence-corrected chi connectivity index (χ1v) is 11.6. The number of nitrogens with one attached hydrogen (secondary N) is 1. The van der Waals surface area contributed by atoms with Crippen molar-refractivity contribution in [3.05, 3.63) is 47.3 Å². The molecule has 8 nitrogen and oxygen atoms in total. The Hall–Kier alpha value is -3.08. The summed E-state index contributed by atoms with van der Waals surface area (Å²) in [5.41, 5.74) is -1.27. The molecule has 192 valence electrons.